The number of hydrogen-bond acceptors (Lipinski definition) is 4. The van der Waals surface area contributed by atoms with Crippen molar-refractivity contribution in [2.24, 2.45) is 0 Å². The van der Waals surface area contributed by atoms with Gasteiger partial charge in [-0.25, -0.2) is 0 Å². The Morgan fingerprint density at radius 3 is 2.75 bits per heavy atom. The van der Waals surface area contributed by atoms with Gasteiger partial charge in [-0.2, -0.15) is 0 Å². The summed E-state index contributed by atoms with van der Waals surface area (Å²) in [7, 11) is 5.26. The Kier molecular flexibility index (Phi) is 3.19. The lowest BCUT2D eigenvalue weighted by Gasteiger charge is -2.23. The van der Waals surface area contributed by atoms with Crippen molar-refractivity contribution in [2.75, 3.05) is 33.1 Å². The van der Waals surface area contributed by atoms with Crippen LogP contribution in [0.3, 0.4) is 0 Å². The van der Waals surface area contributed by atoms with Crippen molar-refractivity contribution in [1.82, 2.24) is 5.32 Å². The third-order valence-corrected chi connectivity index (χ3v) is 2.99. The molecule has 1 aromatic carbocycles. The lowest BCUT2D eigenvalue weighted by Crippen LogP contribution is -2.24. The molecule has 0 spiro atoms. The lowest BCUT2D eigenvalue weighted by atomic mass is 9.97. The molecule has 0 amide bonds. The van der Waals surface area contributed by atoms with Crippen molar-refractivity contribution < 1.29 is 9.47 Å². The van der Waals surface area contributed by atoms with Crippen LogP contribution in [-0.2, 0) is 13.0 Å². The molecule has 4 heteroatoms. The van der Waals surface area contributed by atoms with Crippen LogP contribution < -0.4 is 20.1 Å². The molecule has 2 rings (SSSR count). The van der Waals surface area contributed by atoms with Crippen LogP contribution in [0.5, 0.6) is 11.5 Å². The Morgan fingerprint density at radius 1 is 1.31 bits per heavy atom. The molecular formula is C12H18N2O2. The van der Waals surface area contributed by atoms with Gasteiger partial charge in [-0.1, -0.05) is 0 Å². The molecule has 0 unspecified atom stereocenters. The van der Waals surface area contributed by atoms with Gasteiger partial charge in [0, 0.05) is 13.6 Å². The zero-order valence-corrected chi connectivity index (χ0v) is 10.0. The molecule has 0 fully saturated rings. The van der Waals surface area contributed by atoms with Crippen LogP contribution in [0.4, 0.5) is 5.69 Å². The molecule has 1 heterocycles. The third kappa shape index (κ3) is 1.69. The molecule has 4 nitrogen and oxygen atoms in total. The normalized spacial score (nSPS) is 14.2. The lowest BCUT2D eigenvalue weighted by molar-refractivity contribution is 0.355. The highest BCUT2D eigenvalue weighted by Crippen LogP contribution is 2.40. The van der Waals surface area contributed by atoms with Gasteiger partial charge in [0.2, 0.25) is 0 Å². The van der Waals surface area contributed by atoms with E-state index in [1.807, 2.05) is 7.05 Å². The molecule has 0 saturated heterocycles. The van der Waals surface area contributed by atoms with E-state index in [1.54, 1.807) is 14.2 Å². The summed E-state index contributed by atoms with van der Waals surface area (Å²) in [6, 6.07) is 2.06. The Labute approximate surface area is 95.9 Å². The van der Waals surface area contributed by atoms with Crippen LogP contribution in [0.15, 0.2) is 6.07 Å². The number of anilines is 1. The van der Waals surface area contributed by atoms with Crippen molar-refractivity contribution in [2.45, 2.75) is 13.0 Å². The molecule has 0 saturated carbocycles. The predicted molar refractivity (Wildman–Crippen MR) is 64.5 cm³/mol. The fraction of sp³-hybridized carbons (Fsp3) is 0.500. The molecule has 1 aliphatic rings. The van der Waals surface area contributed by atoms with E-state index in [2.05, 4.69) is 16.7 Å². The Balaban J connectivity index is 2.59. The van der Waals surface area contributed by atoms with Gasteiger partial charge in [-0.15, -0.1) is 0 Å². The summed E-state index contributed by atoms with van der Waals surface area (Å²) in [6.07, 6.45) is 1.02. The van der Waals surface area contributed by atoms with Crippen LogP contribution in [-0.4, -0.2) is 27.8 Å². The third-order valence-electron chi connectivity index (χ3n) is 2.99. The average molecular weight is 222 g/mol. The van der Waals surface area contributed by atoms with Crippen LogP contribution in [0.1, 0.15) is 11.1 Å². The van der Waals surface area contributed by atoms with Gasteiger partial charge in [0.05, 0.1) is 19.9 Å². The minimum absolute atomic E-state index is 0.786. The predicted octanol–water partition coefficient (Wildman–Crippen LogP) is 1.39. The summed E-state index contributed by atoms with van der Waals surface area (Å²) in [6.45, 7) is 1.90. The SMILES string of the molecule is CNc1c2c(cc(OC)c1OC)CNCC2. The number of methoxy groups -OCH3 is 2. The van der Waals surface area contributed by atoms with Crippen molar-refractivity contribution in [3.8, 4) is 11.5 Å². The molecule has 0 aromatic heterocycles. The standard InChI is InChI=1S/C12H18N2O2/c1-13-11-9-4-5-14-7-8(9)6-10(15-2)12(11)16-3/h6,13-14H,4-5,7H2,1-3H3. The highest BCUT2D eigenvalue weighted by Gasteiger charge is 2.20. The molecule has 1 aliphatic heterocycles. The maximum atomic E-state index is 5.42. The number of ether oxygens (including phenoxy) is 2. The number of hydrogen-bond donors (Lipinski definition) is 2. The first-order chi connectivity index (χ1) is 7.81. The summed E-state index contributed by atoms with van der Waals surface area (Å²) in [5.41, 5.74) is 3.67. The molecule has 0 aliphatic carbocycles. The van der Waals surface area contributed by atoms with E-state index in [0.29, 0.717) is 0 Å². The summed E-state index contributed by atoms with van der Waals surface area (Å²) >= 11 is 0. The zero-order valence-electron chi connectivity index (χ0n) is 10.0. The average Bonchev–Trinajstić information content (AvgIpc) is 2.36. The van der Waals surface area contributed by atoms with Crippen molar-refractivity contribution in [1.29, 1.82) is 0 Å². The van der Waals surface area contributed by atoms with E-state index in [9.17, 15) is 0 Å². The summed E-state index contributed by atoms with van der Waals surface area (Å²) in [5.74, 6) is 1.58. The maximum Gasteiger partial charge on any atom is 0.184 e. The minimum atomic E-state index is 0.786. The minimum Gasteiger partial charge on any atom is -0.493 e. The first kappa shape index (κ1) is 11.1. The molecular weight excluding hydrogens is 204 g/mol. The Bertz CT molecular complexity index is 377. The van der Waals surface area contributed by atoms with Crippen molar-refractivity contribution >= 4 is 5.69 Å². The molecule has 0 bridgehead atoms. The van der Waals surface area contributed by atoms with E-state index >= 15 is 0 Å². The quantitative estimate of drug-likeness (QED) is 0.811. The van der Waals surface area contributed by atoms with E-state index in [4.69, 9.17) is 9.47 Å². The summed E-state index contributed by atoms with van der Waals surface area (Å²) in [4.78, 5) is 0. The number of nitrogens with one attached hydrogen (secondary N) is 2. The first-order valence-corrected chi connectivity index (χ1v) is 5.47. The zero-order chi connectivity index (χ0) is 11.5. The first-order valence-electron chi connectivity index (χ1n) is 5.47. The van der Waals surface area contributed by atoms with E-state index in [1.165, 1.54) is 11.1 Å². The highest BCUT2D eigenvalue weighted by molar-refractivity contribution is 5.70. The fourth-order valence-electron chi connectivity index (χ4n) is 2.23. The number of rotatable bonds is 3. The van der Waals surface area contributed by atoms with Crippen LogP contribution in [0.25, 0.3) is 0 Å². The molecule has 0 atom stereocenters. The number of benzene rings is 1. The Hall–Kier alpha value is -1.42. The van der Waals surface area contributed by atoms with Gasteiger partial charge < -0.3 is 20.1 Å². The van der Waals surface area contributed by atoms with E-state index in [0.717, 1.165) is 36.7 Å². The molecule has 2 N–H and O–H groups in total. The van der Waals surface area contributed by atoms with E-state index in [-0.39, 0.29) is 0 Å². The van der Waals surface area contributed by atoms with Gasteiger partial charge in [0.25, 0.3) is 0 Å². The second kappa shape index (κ2) is 4.61. The van der Waals surface area contributed by atoms with Gasteiger partial charge in [0.15, 0.2) is 11.5 Å². The van der Waals surface area contributed by atoms with Crippen LogP contribution >= 0.6 is 0 Å². The van der Waals surface area contributed by atoms with Gasteiger partial charge >= 0.3 is 0 Å². The second-order valence-electron chi connectivity index (χ2n) is 3.80. The monoisotopic (exact) mass is 222 g/mol. The second-order valence-corrected chi connectivity index (χ2v) is 3.80. The van der Waals surface area contributed by atoms with Crippen molar-refractivity contribution in [3.05, 3.63) is 17.2 Å². The van der Waals surface area contributed by atoms with E-state index < -0.39 is 0 Å². The van der Waals surface area contributed by atoms with Gasteiger partial charge in [-0.3, -0.25) is 0 Å². The topological polar surface area (TPSA) is 42.5 Å². The Morgan fingerprint density at radius 2 is 2.12 bits per heavy atom. The highest BCUT2D eigenvalue weighted by atomic mass is 16.5. The van der Waals surface area contributed by atoms with Crippen LogP contribution in [0.2, 0.25) is 0 Å². The number of fused-ring (bicyclic) bond motifs is 1. The molecule has 88 valence electrons. The van der Waals surface area contributed by atoms with Crippen LogP contribution in [0, 0.1) is 0 Å². The fourth-order valence-corrected chi connectivity index (χ4v) is 2.23. The van der Waals surface area contributed by atoms with Gasteiger partial charge in [-0.05, 0) is 30.2 Å². The smallest absolute Gasteiger partial charge is 0.184 e. The summed E-state index contributed by atoms with van der Waals surface area (Å²) < 4.78 is 10.8. The maximum absolute atomic E-state index is 5.42. The van der Waals surface area contributed by atoms with Gasteiger partial charge in [0.1, 0.15) is 0 Å². The molecule has 0 radical (unpaired) electrons. The molecule has 1 aromatic rings. The van der Waals surface area contributed by atoms with Crippen molar-refractivity contribution in [3.63, 3.8) is 0 Å². The molecule has 16 heavy (non-hydrogen) atoms. The summed E-state index contributed by atoms with van der Waals surface area (Å²) in [5, 5.41) is 6.57. The largest absolute Gasteiger partial charge is 0.493 e.